The van der Waals surface area contributed by atoms with Crippen molar-refractivity contribution in [1.82, 2.24) is 15.2 Å². The summed E-state index contributed by atoms with van der Waals surface area (Å²) in [5, 5.41) is 19.0. The Balaban J connectivity index is 1.62. The Hall–Kier alpha value is -3.52. The highest BCUT2D eigenvalue weighted by atomic mass is 19.1. The van der Waals surface area contributed by atoms with Gasteiger partial charge < -0.3 is 14.6 Å². The van der Waals surface area contributed by atoms with Gasteiger partial charge in [-0.3, -0.25) is 5.10 Å². The zero-order chi connectivity index (χ0) is 23.1. The number of halogens is 1. The molecule has 8 heteroatoms. The van der Waals surface area contributed by atoms with Gasteiger partial charge in [0.15, 0.2) is 6.10 Å². The molecule has 1 saturated heterocycles. The van der Waals surface area contributed by atoms with Gasteiger partial charge in [0.25, 0.3) is 0 Å². The Kier molecular flexibility index (Phi) is 5.46. The van der Waals surface area contributed by atoms with E-state index in [-0.39, 0.29) is 24.4 Å². The molecule has 2 aromatic carbocycles. The van der Waals surface area contributed by atoms with Gasteiger partial charge in [-0.05, 0) is 54.0 Å². The fourth-order valence-electron chi connectivity index (χ4n) is 4.37. The molecule has 0 bridgehead atoms. The van der Waals surface area contributed by atoms with Crippen LogP contribution in [-0.4, -0.2) is 45.1 Å². The summed E-state index contributed by atoms with van der Waals surface area (Å²) in [7, 11) is 0. The highest BCUT2D eigenvalue weighted by Crippen LogP contribution is 2.40. The third-order valence-electron chi connectivity index (χ3n) is 6.02. The molecule has 0 amide bonds. The number of aliphatic carboxylic acids is 1. The van der Waals surface area contributed by atoms with Crippen molar-refractivity contribution in [2.75, 3.05) is 6.61 Å². The summed E-state index contributed by atoms with van der Waals surface area (Å²) >= 11 is 0. The lowest BCUT2D eigenvalue weighted by Crippen LogP contribution is -2.24. The number of hydrogen-bond donors (Lipinski definition) is 2. The zero-order valence-corrected chi connectivity index (χ0v) is 18.3. The Morgan fingerprint density at radius 2 is 2.03 bits per heavy atom. The topological polar surface area (TPSA) is 97.3 Å². The van der Waals surface area contributed by atoms with Crippen molar-refractivity contribution < 1.29 is 23.8 Å². The number of aromatic nitrogens is 3. The van der Waals surface area contributed by atoms with Crippen molar-refractivity contribution in [3.05, 3.63) is 54.1 Å². The van der Waals surface area contributed by atoms with Crippen LogP contribution in [0.15, 0.2) is 42.6 Å². The minimum absolute atomic E-state index is 0.0796. The standard InChI is InChI=1S/C25H24FN3O4/c1-13(2)23-22(14-3-5-16(26)6-4-14)18-9-15-11-27-29-20(15)10-19(18)24(28-23)32-12-17-7-8-21(33-17)25(30)31/h3-6,9-11,13,17,21H,7-8,12H2,1-2H3,(H,27,29)(H,30,31). The fourth-order valence-corrected chi connectivity index (χ4v) is 4.37. The highest BCUT2D eigenvalue weighted by Gasteiger charge is 2.31. The number of nitrogens with zero attached hydrogens (tertiary/aromatic N) is 2. The number of carboxylic acid groups (broad SMARTS) is 1. The Morgan fingerprint density at radius 1 is 1.24 bits per heavy atom. The van der Waals surface area contributed by atoms with Crippen molar-refractivity contribution in [3.8, 4) is 17.0 Å². The van der Waals surface area contributed by atoms with Gasteiger partial charge in [0, 0.05) is 16.3 Å². The number of hydrogen-bond acceptors (Lipinski definition) is 5. The van der Waals surface area contributed by atoms with Crippen molar-refractivity contribution in [1.29, 1.82) is 0 Å². The molecular formula is C25H24FN3O4. The minimum Gasteiger partial charge on any atom is -0.479 e. The second-order valence-corrected chi connectivity index (χ2v) is 8.67. The zero-order valence-electron chi connectivity index (χ0n) is 18.3. The maximum Gasteiger partial charge on any atom is 0.332 e. The van der Waals surface area contributed by atoms with Crippen LogP contribution < -0.4 is 4.74 Å². The van der Waals surface area contributed by atoms with E-state index < -0.39 is 12.1 Å². The predicted molar refractivity (Wildman–Crippen MR) is 122 cm³/mol. The van der Waals surface area contributed by atoms with Crippen LogP contribution in [0.5, 0.6) is 5.88 Å². The monoisotopic (exact) mass is 449 g/mol. The average molecular weight is 449 g/mol. The number of fused-ring (bicyclic) bond motifs is 2. The minimum atomic E-state index is -0.951. The SMILES string of the molecule is CC(C)c1nc(OCC2CCC(C(=O)O)O2)c2cc3[nH]ncc3cc2c1-c1ccc(F)cc1. The lowest BCUT2D eigenvalue weighted by molar-refractivity contribution is -0.149. The number of rotatable bonds is 6. The van der Waals surface area contributed by atoms with Crippen LogP contribution in [0.1, 0.15) is 38.3 Å². The number of aromatic amines is 1. The third kappa shape index (κ3) is 4.02. The summed E-state index contributed by atoms with van der Waals surface area (Å²) in [5.41, 5.74) is 3.48. The first-order valence-electron chi connectivity index (χ1n) is 11.0. The van der Waals surface area contributed by atoms with Gasteiger partial charge in [-0.1, -0.05) is 26.0 Å². The van der Waals surface area contributed by atoms with E-state index in [0.29, 0.717) is 18.7 Å². The molecule has 33 heavy (non-hydrogen) atoms. The van der Waals surface area contributed by atoms with Crippen LogP contribution in [0.25, 0.3) is 32.8 Å². The first-order valence-corrected chi connectivity index (χ1v) is 11.0. The summed E-state index contributed by atoms with van der Waals surface area (Å²) in [6.07, 6.45) is 1.74. The van der Waals surface area contributed by atoms with Crippen LogP contribution in [0.2, 0.25) is 0 Å². The van der Waals surface area contributed by atoms with E-state index in [4.69, 9.17) is 14.5 Å². The molecule has 7 nitrogen and oxygen atoms in total. The van der Waals surface area contributed by atoms with Crippen LogP contribution >= 0.6 is 0 Å². The summed E-state index contributed by atoms with van der Waals surface area (Å²) in [6.45, 7) is 4.32. The fraction of sp³-hybridized carbons (Fsp3) is 0.320. The van der Waals surface area contributed by atoms with E-state index in [9.17, 15) is 14.3 Å². The first kappa shape index (κ1) is 21.3. The van der Waals surface area contributed by atoms with Gasteiger partial charge in [0.2, 0.25) is 5.88 Å². The van der Waals surface area contributed by atoms with Gasteiger partial charge in [0.1, 0.15) is 12.4 Å². The molecule has 2 unspecified atom stereocenters. The molecule has 3 heterocycles. The highest BCUT2D eigenvalue weighted by molar-refractivity contribution is 6.06. The van der Waals surface area contributed by atoms with Gasteiger partial charge in [-0.2, -0.15) is 5.10 Å². The molecular weight excluding hydrogens is 425 g/mol. The van der Waals surface area contributed by atoms with Crippen LogP contribution in [0.3, 0.4) is 0 Å². The number of nitrogens with one attached hydrogen (secondary N) is 1. The number of pyridine rings is 1. The lowest BCUT2D eigenvalue weighted by atomic mass is 9.92. The summed E-state index contributed by atoms with van der Waals surface area (Å²) in [4.78, 5) is 16.1. The molecule has 1 aliphatic rings. The summed E-state index contributed by atoms with van der Waals surface area (Å²) in [5.74, 6) is -0.710. The Labute approximate surface area is 189 Å². The van der Waals surface area contributed by atoms with E-state index in [1.165, 1.54) is 12.1 Å². The molecule has 0 spiro atoms. The molecule has 0 saturated carbocycles. The second kappa shape index (κ2) is 8.44. The summed E-state index contributed by atoms with van der Waals surface area (Å²) in [6, 6.07) is 10.4. The quantitative estimate of drug-likeness (QED) is 0.427. The van der Waals surface area contributed by atoms with Crippen molar-refractivity contribution >= 4 is 27.6 Å². The molecule has 2 N–H and O–H groups in total. The Morgan fingerprint density at radius 3 is 2.73 bits per heavy atom. The van der Waals surface area contributed by atoms with E-state index in [1.54, 1.807) is 18.3 Å². The number of carboxylic acids is 1. The average Bonchev–Trinajstić information content (AvgIpc) is 3.45. The van der Waals surface area contributed by atoms with Gasteiger partial charge >= 0.3 is 5.97 Å². The Bertz CT molecular complexity index is 1330. The molecule has 1 fully saturated rings. The number of ether oxygens (including phenoxy) is 2. The molecule has 170 valence electrons. The van der Waals surface area contributed by atoms with E-state index >= 15 is 0 Å². The van der Waals surface area contributed by atoms with Gasteiger partial charge in [0.05, 0.1) is 23.5 Å². The van der Waals surface area contributed by atoms with Crippen LogP contribution in [0, 0.1) is 5.82 Å². The molecule has 5 rings (SSSR count). The van der Waals surface area contributed by atoms with Crippen LogP contribution in [0.4, 0.5) is 4.39 Å². The molecule has 0 radical (unpaired) electrons. The molecule has 4 aromatic rings. The largest absolute Gasteiger partial charge is 0.479 e. The van der Waals surface area contributed by atoms with E-state index in [2.05, 4.69) is 24.0 Å². The predicted octanol–water partition coefficient (Wildman–Crippen LogP) is 5.05. The number of carbonyl (C=O) groups is 1. The van der Waals surface area contributed by atoms with E-state index in [0.717, 1.165) is 38.5 Å². The van der Waals surface area contributed by atoms with Crippen molar-refractivity contribution in [3.63, 3.8) is 0 Å². The third-order valence-corrected chi connectivity index (χ3v) is 6.02. The maximum atomic E-state index is 13.6. The van der Waals surface area contributed by atoms with Crippen molar-refractivity contribution in [2.45, 2.75) is 44.8 Å². The van der Waals surface area contributed by atoms with Gasteiger partial charge in [-0.15, -0.1) is 0 Å². The molecule has 2 atom stereocenters. The molecule has 2 aromatic heterocycles. The molecule has 1 aliphatic heterocycles. The van der Waals surface area contributed by atoms with Crippen LogP contribution in [-0.2, 0) is 9.53 Å². The van der Waals surface area contributed by atoms with Crippen molar-refractivity contribution in [2.24, 2.45) is 0 Å². The molecule has 0 aliphatic carbocycles. The number of H-pyrrole nitrogens is 1. The summed E-state index contributed by atoms with van der Waals surface area (Å²) < 4.78 is 25.4. The lowest BCUT2D eigenvalue weighted by Gasteiger charge is -2.20. The number of benzene rings is 2. The second-order valence-electron chi connectivity index (χ2n) is 8.67. The first-order chi connectivity index (χ1) is 15.9. The smallest absolute Gasteiger partial charge is 0.332 e. The van der Waals surface area contributed by atoms with Gasteiger partial charge in [-0.25, -0.2) is 14.2 Å². The normalized spacial score (nSPS) is 18.4. The maximum absolute atomic E-state index is 13.6. The van der Waals surface area contributed by atoms with E-state index in [1.807, 2.05) is 12.1 Å².